The molecule has 0 saturated carbocycles. The fourth-order valence-corrected chi connectivity index (χ4v) is 4.11. The number of phenols is 1. The molecule has 28 heavy (non-hydrogen) atoms. The van der Waals surface area contributed by atoms with Gasteiger partial charge in [0.25, 0.3) is 0 Å². The van der Waals surface area contributed by atoms with Crippen molar-refractivity contribution in [2.75, 3.05) is 26.3 Å². The minimum atomic E-state index is -4.57. The van der Waals surface area contributed by atoms with Crippen molar-refractivity contribution >= 4 is 21.8 Å². The zero-order chi connectivity index (χ0) is 19.9. The highest BCUT2D eigenvalue weighted by molar-refractivity contribution is 6.09. The molecule has 150 valence electrons. The molecule has 0 aliphatic carbocycles. The summed E-state index contributed by atoms with van der Waals surface area (Å²) in [6.07, 6.45) is -2.16. The summed E-state index contributed by atoms with van der Waals surface area (Å²) >= 11 is 0. The Bertz CT molecular complexity index is 994. The van der Waals surface area contributed by atoms with Crippen LogP contribution in [-0.2, 0) is 10.9 Å². The third kappa shape index (κ3) is 3.20. The highest BCUT2D eigenvalue weighted by Crippen LogP contribution is 2.41. The van der Waals surface area contributed by atoms with Crippen LogP contribution in [0.2, 0.25) is 0 Å². The molecular formula is C20H22F3N3O2. The van der Waals surface area contributed by atoms with E-state index in [9.17, 15) is 18.3 Å². The molecule has 1 aromatic carbocycles. The summed E-state index contributed by atoms with van der Waals surface area (Å²) in [6, 6.07) is 6.33. The van der Waals surface area contributed by atoms with Gasteiger partial charge in [-0.25, -0.2) is 4.98 Å². The molecule has 1 N–H and O–H groups in total. The summed E-state index contributed by atoms with van der Waals surface area (Å²) in [5, 5.41) is 11.2. The van der Waals surface area contributed by atoms with Gasteiger partial charge in [-0.15, -0.1) is 0 Å². The molecule has 3 heterocycles. The Morgan fingerprint density at radius 2 is 1.93 bits per heavy atom. The number of ether oxygens (including phenoxy) is 1. The number of pyridine rings is 1. The van der Waals surface area contributed by atoms with Crippen molar-refractivity contribution in [3.05, 3.63) is 36.2 Å². The number of morpholine rings is 1. The summed E-state index contributed by atoms with van der Waals surface area (Å²) in [4.78, 5) is 5.85. The van der Waals surface area contributed by atoms with E-state index in [-0.39, 0.29) is 17.4 Å². The van der Waals surface area contributed by atoms with Crippen molar-refractivity contribution < 1.29 is 23.0 Å². The van der Waals surface area contributed by atoms with Gasteiger partial charge in [-0.2, -0.15) is 13.2 Å². The third-order valence-electron chi connectivity index (χ3n) is 5.28. The molecule has 1 unspecified atom stereocenters. The lowest BCUT2D eigenvalue weighted by Gasteiger charge is -2.36. The van der Waals surface area contributed by atoms with Crippen LogP contribution in [0.25, 0.3) is 21.8 Å². The number of phenolic OH excluding ortho intramolecular Hbond substituents is 1. The van der Waals surface area contributed by atoms with E-state index in [1.807, 2.05) is 6.92 Å². The van der Waals surface area contributed by atoms with E-state index in [4.69, 9.17) is 4.74 Å². The fourth-order valence-electron chi connectivity index (χ4n) is 4.11. The van der Waals surface area contributed by atoms with Crippen LogP contribution in [0.3, 0.4) is 0 Å². The molecule has 1 fully saturated rings. The average Bonchev–Trinajstić information content (AvgIpc) is 2.99. The monoisotopic (exact) mass is 393 g/mol. The van der Waals surface area contributed by atoms with E-state index in [1.54, 1.807) is 22.8 Å². The number of benzene rings is 1. The van der Waals surface area contributed by atoms with Crippen LogP contribution in [0.1, 0.15) is 31.6 Å². The number of halogens is 3. The first-order valence-corrected chi connectivity index (χ1v) is 9.42. The van der Waals surface area contributed by atoms with Crippen LogP contribution in [0.5, 0.6) is 5.75 Å². The van der Waals surface area contributed by atoms with Crippen LogP contribution in [0, 0.1) is 0 Å². The molecule has 5 nitrogen and oxygen atoms in total. The normalized spacial score (nSPS) is 17.4. The highest BCUT2D eigenvalue weighted by atomic mass is 19.4. The molecule has 0 spiro atoms. The maximum atomic E-state index is 13.8. The summed E-state index contributed by atoms with van der Waals surface area (Å²) in [5.41, 5.74) is -0.242. The first-order valence-electron chi connectivity index (χ1n) is 9.42. The van der Waals surface area contributed by atoms with Gasteiger partial charge in [-0.05, 0) is 24.6 Å². The molecule has 0 amide bonds. The molecule has 1 aliphatic rings. The van der Waals surface area contributed by atoms with Crippen molar-refractivity contribution in [2.45, 2.75) is 32.1 Å². The Morgan fingerprint density at radius 3 is 2.61 bits per heavy atom. The van der Waals surface area contributed by atoms with Gasteiger partial charge >= 0.3 is 6.18 Å². The first-order chi connectivity index (χ1) is 13.4. The molecule has 1 saturated heterocycles. The second-order valence-electron chi connectivity index (χ2n) is 7.04. The lowest BCUT2D eigenvalue weighted by Crippen LogP contribution is -2.41. The van der Waals surface area contributed by atoms with Gasteiger partial charge in [0.1, 0.15) is 5.75 Å². The average molecular weight is 393 g/mol. The summed E-state index contributed by atoms with van der Waals surface area (Å²) in [7, 11) is 0. The van der Waals surface area contributed by atoms with Crippen LogP contribution in [-0.4, -0.2) is 45.9 Å². The molecule has 8 heteroatoms. The Balaban J connectivity index is 2.06. The minimum absolute atomic E-state index is 0.0234. The lowest BCUT2D eigenvalue weighted by molar-refractivity contribution is -0.140. The maximum absolute atomic E-state index is 13.8. The number of rotatable bonds is 4. The van der Waals surface area contributed by atoms with Gasteiger partial charge in [-0.3, -0.25) is 4.90 Å². The summed E-state index contributed by atoms with van der Waals surface area (Å²) in [6.45, 7) is 4.40. The number of aromatic hydroxyl groups is 1. The van der Waals surface area contributed by atoms with E-state index in [0.717, 1.165) is 6.42 Å². The molecule has 1 aliphatic heterocycles. The largest absolute Gasteiger partial charge is 0.508 e. The van der Waals surface area contributed by atoms with Gasteiger partial charge < -0.3 is 14.4 Å². The van der Waals surface area contributed by atoms with Gasteiger partial charge in [0.05, 0.1) is 30.4 Å². The molecule has 3 aromatic rings. The van der Waals surface area contributed by atoms with Crippen LogP contribution in [0.15, 0.2) is 30.5 Å². The fraction of sp³-hybridized carbons (Fsp3) is 0.450. The molecule has 4 rings (SSSR count). The zero-order valence-corrected chi connectivity index (χ0v) is 15.5. The van der Waals surface area contributed by atoms with E-state index in [2.05, 4.69) is 9.88 Å². The Hall–Kier alpha value is -2.32. The highest BCUT2D eigenvalue weighted by Gasteiger charge is 2.38. The van der Waals surface area contributed by atoms with E-state index >= 15 is 0 Å². The Labute approximate surface area is 160 Å². The maximum Gasteiger partial charge on any atom is 0.435 e. The second kappa shape index (κ2) is 7.25. The van der Waals surface area contributed by atoms with Gasteiger partial charge in [0.15, 0.2) is 5.69 Å². The molecule has 2 aromatic heterocycles. The van der Waals surface area contributed by atoms with E-state index < -0.39 is 11.9 Å². The standard InChI is InChI=1S/C20H22F3N3O2/c1-2-3-17(25-8-10-28-11-9-25)26-16-12-13(27)4-5-14(16)15-6-7-24-19(18(15)26)20(21,22)23/h4-7,12,17,27H,2-3,8-11H2,1H3. The SMILES string of the molecule is CCCC(N1CCOCC1)n1c2cc(O)ccc2c2ccnc(C(F)(F)F)c21. The van der Waals surface area contributed by atoms with Crippen LogP contribution < -0.4 is 0 Å². The number of hydrogen-bond acceptors (Lipinski definition) is 4. The first kappa shape index (κ1) is 19.0. The van der Waals surface area contributed by atoms with Crippen molar-refractivity contribution in [3.8, 4) is 5.75 Å². The smallest absolute Gasteiger partial charge is 0.435 e. The Kier molecular flexibility index (Phi) is 4.93. The zero-order valence-electron chi connectivity index (χ0n) is 15.5. The quantitative estimate of drug-likeness (QED) is 0.707. The predicted molar refractivity (Wildman–Crippen MR) is 100 cm³/mol. The topological polar surface area (TPSA) is 50.5 Å². The second-order valence-corrected chi connectivity index (χ2v) is 7.04. The number of nitrogens with zero attached hydrogens (tertiary/aromatic N) is 3. The number of fused-ring (bicyclic) bond motifs is 3. The lowest BCUT2D eigenvalue weighted by atomic mass is 10.1. The van der Waals surface area contributed by atoms with Crippen molar-refractivity contribution in [1.82, 2.24) is 14.5 Å². The van der Waals surface area contributed by atoms with E-state index in [0.29, 0.717) is 49.0 Å². The van der Waals surface area contributed by atoms with Crippen LogP contribution in [0.4, 0.5) is 13.2 Å². The molecule has 0 bridgehead atoms. The molecule has 0 radical (unpaired) electrons. The minimum Gasteiger partial charge on any atom is -0.508 e. The summed E-state index contributed by atoms with van der Waals surface area (Å²) < 4.78 is 48.7. The van der Waals surface area contributed by atoms with Gasteiger partial charge in [-0.1, -0.05) is 13.3 Å². The Morgan fingerprint density at radius 1 is 1.18 bits per heavy atom. The van der Waals surface area contributed by atoms with Crippen LogP contribution >= 0.6 is 0 Å². The molecule has 1 atom stereocenters. The number of hydrogen-bond donors (Lipinski definition) is 1. The third-order valence-corrected chi connectivity index (χ3v) is 5.28. The van der Waals surface area contributed by atoms with Crippen molar-refractivity contribution in [2.24, 2.45) is 0 Å². The van der Waals surface area contributed by atoms with Crippen molar-refractivity contribution in [1.29, 1.82) is 0 Å². The van der Waals surface area contributed by atoms with Crippen molar-refractivity contribution in [3.63, 3.8) is 0 Å². The number of alkyl halides is 3. The summed E-state index contributed by atoms with van der Waals surface area (Å²) in [5.74, 6) is 0.0234. The predicted octanol–water partition coefficient (Wildman–Crippen LogP) is 4.54. The number of aromatic nitrogens is 2. The van der Waals surface area contributed by atoms with Gasteiger partial charge in [0.2, 0.25) is 0 Å². The molecular weight excluding hydrogens is 371 g/mol. The van der Waals surface area contributed by atoms with Gasteiger partial charge in [0, 0.05) is 36.1 Å². The van der Waals surface area contributed by atoms with E-state index in [1.165, 1.54) is 12.3 Å².